The number of amides is 1. The number of thioether (sulfide) groups is 1. The summed E-state index contributed by atoms with van der Waals surface area (Å²) in [5.74, 6) is -0.256. The molecule has 0 aliphatic heterocycles. The second kappa shape index (κ2) is 8.69. The second-order valence-corrected chi connectivity index (χ2v) is 5.38. The number of hydrazine groups is 1. The van der Waals surface area contributed by atoms with Gasteiger partial charge >= 0.3 is 0 Å². The van der Waals surface area contributed by atoms with E-state index in [1.54, 1.807) is 5.41 Å². The second-order valence-electron chi connectivity index (χ2n) is 4.40. The quantitative estimate of drug-likeness (QED) is 0.372. The molecule has 0 fully saturated rings. The molecule has 0 atom stereocenters. The largest absolute Gasteiger partial charge is 0.268 e. The minimum atomic E-state index is -0.256. The third-order valence-electron chi connectivity index (χ3n) is 2.76. The van der Waals surface area contributed by atoms with Gasteiger partial charge in [-0.1, -0.05) is 60.3 Å². The van der Waals surface area contributed by atoms with Crippen molar-refractivity contribution in [2.24, 2.45) is 5.10 Å². The molecule has 0 spiro atoms. The average molecular weight is 311 g/mol. The van der Waals surface area contributed by atoms with E-state index in [-0.39, 0.29) is 5.91 Å². The summed E-state index contributed by atoms with van der Waals surface area (Å²) in [6.07, 6.45) is 1.46. The zero-order valence-electron chi connectivity index (χ0n) is 12.2. The third kappa shape index (κ3) is 5.46. The molecular weight excluding hydrogens is 294 g/mol. The maximum absolute atomic E-state index is 11.6. The minimum Gasteiger partial charge on any atom is -0.268 e. The summed E-state index contributed by atoms with van der Waals surface area (Å²) >= 11 is 1.48. The van der Waals surface area contributed by atoms with Crippen molar-refractivity contribution in [1.82, 2.24) is 11.0 Å². The van der Waals surface area contributed by atoms with Crippen LogP contribution in [0.15, 0.2) is 82.1 Å². The summed E-state index contributed by atoms with van der Waals surface area (Å²) in [6, 6.07) is 19.6. The highest BCUT2D eigenvalue weighted by molar-refractivity contribution is 8.02. The maximum Gasteiger partial charge on any atom is 0.264 e. The van der Waals surface area contributed by atoms with Gasteiger partial charge in [-0.05, 0) is 30.0 Å². The lowest BCUT2D eigenvalue weighted by molar-refractivity contribution is -0.117. The van der Waals surface area contributed by atoms with Gasteiger partial charge in [-0.3, -0.25) is 10.2 Å². The van der Waals surface area contributed by atoms with E-state index in [9.17, 15) is 4.79 Å². The van der Waals surface area contributed by atoms with E-state index in [1.165, 1.54) is 17.8 Å². The summed E-state index contributed by atoms with van der Waals surface area (Å²) < 4.78 is 0. The first-order valence-electron chi connectivity index (χ1n) is 6.78. The molecule has 0 radical (unpaired) electrons. The maximum atomic E-state index is 11.6. The van der Waals surface area contributed by atoms with Crippen LogP contribution >= 0.6 is 11.8 Å². The van der Waals surface area contributed by atoms with Gasteiger partial charge in [0.05, 0.1) is 5.71 Å². The SMILES string of the molecule is C/C(=N\NNC(=O)/C=C/Sc1ccccc1)c1ccccc1. The molecule has 2 rings (SSSR count). The minimum absolute atomic E-state index is 0.256. The molecule has 2 N–H and O–H groups in total. The highest BCUT2D eigenvalue weighted by atomic mass is 32.2. The molecule has 2 aromatic rings. The zero-order chi connectivity index (χ0) is 15.6. The molecule has 0 unspecified atom stereocenters. The molecular formula is C17H17N3OS. The molecule has 4 nitrogen and oxygen atoms in total. The van der Waals surface area contributed by atoms with Gasteiger partial charge < -0.3 is 0 Å². The standard InChI is InChI=1S/C17H17N3OS/c1-14(15-8-4-2-5-9-15)18-20-19-17(21)12-13-22-16-10-6-3-7-11-16/h2-13,20H,1H3,(H,19,21)/b13-12+,18-14+. The van der Waals surface area contributed by atoms with Crippen molar-refractivity contribution in [3.8, 4) is 0 Å². The van der Waals surface area contributed by atoms with Crippen LogP contribution in [0.4, 0.5) is 0 Å². The van der Waals surface area contributed by atoms with Crippen LogP contribution in [-0.4, -0.2) is 11.6 Å². The van der Waals surface area contributed by atoms with Gasteiger partial charge in [-0.15, -0.1) is 0 Å². The molecule has 112 valence electrons. The van der Waals surface area contributed by atoms with E-state index in [0.717, 1.165) is 16.2 Å². The Morgan fingerprint density at radius 2 is 1.68 bits per heavy atom. The molecule has 0 saturated heterocycles. The number of carbonyl (C=O) groups excluding carboxylic acids is 1. The van der Waals surface area contributed by atoms with Crippen LogP contribution in [0.25, 0.3) is 0 Å². The topological polar surface area (TPSA) is 53.5 Å². The highest BCUT2D eigenvalue weighted by Crippen LogP contribution is 2.17. The Hall–Kier alpha value is -2.53. The molecule has 2 aromatic carbocycles. The summed E-state index contributed by atoms with van der Waals surface area (Å²) in [4.78, 5) is 12.7. The first kappa shape index (κ1) is 15.9. The number of nitrogens with one attached hydrogen (secondary N) is 2. The average Bonchev–Trinajstić information content (AvgIpc) is 2.56. The van der Waals surface area contributed by atoms with Gasteiger partial charge in [0, 0.05) is 11.0 Å². The van der Waals surface area contributed by atoms with Crippen molar-refractivity contribution in [2.45, 2.75) is 11.8 Å². The fourth-order valence-corrected chi connectivity index (χ4v) is 2.29. The van der Waals surface area contributed by atoms with Crippen molar-refractivity contribution in [3.63, 3.8) is 0 Å². The fourth-order valence-electron chi connectivity index (χ4n) is 1.63. The van der Waals surface area contributed by atoms with Gasteiger partial charge in [-0.25, -0.2) is 5.53 Å². The lowest BCUT2D eigenvalue weighted by Crippen LogP contribution is -2.32. The van der Waals surface area contributed by atoms with Crippen LogP contribution < -0.4 is 11.0 Å². The molecule has 0 saturated carbocycles. The van der Waals surface area contributed by atoms with E-state index in [2.05, 4.69) is 16.1 Å². The summed E-state index contributed by atoms with van der Waals surface area (Å²) in [5.41, 5.74) is 6.85. The Bertz CT molecular complexity index is 654. The summed E-state index contributed by atoms with van der Waals surface area (Å²) in [5, 5.41) is 5.83. The lowest BCUT2D eigenvalue weighted by atomic mass is 10.1. The first-order valence-corrected chi connectivity index (χ1v) is 7.66. The van der Waals surface area contributed by atoms with Crippen LogP contribution in [0.1, 0.15) is 12.5 Å². The Morgan fingerprint density at radius 1 is 1.05 bits per heavy atom. The van der Waals surface area contributed by atoms with E-state index in [1.807, 2.05) is 67.6 Å². The smallest absolute Gasteiger partial charge is 0.264 e. The Labute approximate surface area is 134 Å². The van der Waals surface area contributed by atoms with Crippen LogP contribution in [-0.2, 0) is 4.79 Å². The van der Waals surface area contributed by atoms with Crippen LogP contribution in [0.3, 0.4) is 0 Å². The van der Waals surface area contributed by atoms with Gasteiger partial charge in [0.1, 0.15) is 0 Å². The molecule has 0 heterocycles. The molecule has 0 bridgehead atoms. The molecule has 0 aliphatic carbocycles. The fraction of sp³-hybridized carbons (Fsp3) is 0.0588. The van der Waals surface area contributed by atoms with Crippen LogP contribution in [0, 0.1) is 0 Å². The van der Waals surface area contributed by atoms with Crippen molar-refractivity contribution < 1.29 is 4.79 Å². The van der Waals surface area contributed by atoms with Crippen LogP contribution in [0.2, 0.25) is 0 Å². The molecule has 0 aromatic heterocycles. The monoisotopic (exact) mass is 311 g/mol. The number of rotatable bonds is 6. The van der Waals surface area contributed by atoms with Gasteiger partial charge in [0.25, 0.3) is 5.91 Å². The van der Waals surface area contributed by atoms with Crippen molar-refractivity contribution in [3.05, 3.63) is 77.7 Å². The van der Waals surface area contributed by atoms with E-state index < -0.39 is 0 Å². The number of hydrazone groups is 1. The number of nitrogens with zero attached hydrogens (tertiary/aromatic N) is 1. The molecule has 5 heteroatoms. The van der Waals surface area contributed by atoms with Crippen LogP contribution in [0.5, 0.6) is 0 Å². The van der Waals surface area contributed by atoms with Crippen molar-refractivity contribution in [1.29, 1.82) is 0 Å². The number of benzene rings is 2. The van der Waals surface area contributed by atoms with E-state index in [0.29, 0.717) is 0 Å². The zero-order valence-corrected chi connectivity index (χ0v) is 13.0. The molecule has 22 heavy (non-hydrogen) atoms. The summed E-state index contributed by atoms with van der Waals surface area (Å²) in [7, 11) is 0. The first-order chi connectivity index (χ1) is 10.8. The predicted molar refractivity (Wildman–Crippen MR) is 91.4 cm³/mol. The van der Waals surface area contributed by atoms with Gasteiger partial charge in [0.15, 0.2) is 0 Å². The van der Waals surface area contributed by atoms with E-state index in [4.69, 9.17) is 0 Å². The van der Waals surface area contributed by atoms with Crippen molar-refractivity contribution in [2.75, 3.05) is 0 Å². The third-order valence-corrected chi connectivity index (χ3v) is 3.58. The van der Waals surface area contributed by atoms with Gasteiger partial charge in [0.2, 0.25) is 0 Å². The molecule has 0 aliphatic rings. The lowest BCUT2D eigenvalue weighted by Gasteiger charge is -2.03. The Balaban J connectivity index is 1.76. The Morgan fingerprint density at radius 3 is 2.36 bits per heavy atom. The number of carbonyl (C=O) groups is 1. The summed E-state index contributed by atoms with van der Waals surface area (Å²) in [6.45, 7) is 1.87. The normalized spacial score (nSPS) is 11.4. The number of hydrogen-bond acceptors (Lipinski definition) is 4. The highest BCUT2D eigenvalue weighted by Gasteiger charge is 1.96. The number of hydrogen-bond donors (Lipinski definition) is 2. The van der Waals surface area contributed by atoms with E-state index >= 15 is 0 Å². The van der Waals surface area contributed by atoms with Gasteiger partial charge in [-0.2, -0.15) is 5.10 Å². The predicted octanol–water partition coefficient (Wildman–Crippen LogP) is 3.34. The Kier molecular flexibility index (Phi) is 6.26. The van der Waals surface area contributed by atoms with Crippen molar-refractivity contribution >= 4 is 23.4 Å². The molecule has 1 amide bonds.